The number of carboxylic acid groups (broad SMARTS) is 1. The van der Waals surface area contributed by atoms with Crippen LogP contribution < -0.4 is 4.74 Å². The molecule has 0 radical (unpaired) electrons. The zero-order valence-electron chi connectivity index (χ0n) is 10.5. The van der Waals surface area contributed by atoms with E-state index in [9.17, 15) is 4.79 Å². The number of halogens is 1. The summed E-state index contributed by atoms with van der Waals surface area (Å²) >= 11 is 6.02. The lowest BCUT2D eigenvalue weighted by Crippen LogP contribution is -2.10. The van der Waals surface area contributed by atoms with Crippen LogP contribution in [0.3, 0.4) is 0 Å². The number of aliphatic carboxylic acids is 1. The number of ether oxygens (including phenoxy) is 1. The van der Waals surface area contributed by atoms with E-state index in [0.717, 1.165) is 0 Å². The Morgan fingerprint density at radius 2 is 1.65 bits per heavy atom. The van der Waals surface area contributed by atoms with Crippen LogP contribution in [0.15, 0.2) is 48.5 Å². The summed E-state index contributed by atoms with van der Waals surface area (Å²) in [6.07, 6.45) is 0. The summed E-state index contributed by atoms with van der Waals surface area (Å²) in [6, 6.07) is 14.3. The van der Waals surface area contributed by atoms with Crippen LogP contribution in [0.2, 0.25) is 5.02 Å². The summed E-state index contributed by atoms with van der Waals surface area (Å²) in [4.78, 5) is 10.5. The average Bonchev–Trinajstić information content (AvgIpc) is 2.45. The van der Waals surface area contributed by atoms with E-state index in [-0.39, 0.29) is 0 Å². The fraction of sp³-hybridized carbons (Fsp3) is 0.0625. The lowest BCUT2D eigenvalue weighted by Gasteiger charge is -2.04. The lowest BCUT2D eigenvalue weighted by atomic mass is 10.1. The summed E-state index contributed by atoms with van der Waals surface area (Å²) in [5.41, 5.74) is 1.33. The molecule has 3 nitrogen and oxygen atoms in total. The Kier molecular flexibility index (Phi) is 4.65. The van der Waals surface area contributed by atoms with Crippen molar-refractivity contribution in [2.24, 2.45) is 0 Å². The van der Waals surface area contributed by atoms with Crippen molar-refractivity contribution in [3.63, 3.8) is 0 Å². The third kappa shape index (κ3) is 3.78. The Morgan fingerprint density at radius 1 is 1.05 bits per heavy atom. The molecule has 0 unspecified atom stereocenters. The van der Waals surface area contributed by atoms with E-state index in [1.165, 1.54) is 0 Å². The molecule has 0 amide bonds. The highest BCUT2D eigenvalue weighted by atomic mass is 35.5. The molecule has 0 aliphatic heterocycles. The maximum absolute atomic E-state index is 10.5. The Hall–Kier alpha value is -2.44. The minimum Gasteiger partial charge on any atom is -0.481 e. The van der Waals surface area contributed by atoms with Gasteiger partial charge in [0.05, 0.1) is 10.6 Å². The van der Waals surface area contributed by atoms with Crippen LogP contribution in [-0.4, -0.2) is 17.7 Å². The van der Waals surface area contributed by atoms with Crippen molar-refractivity contribution in [3.05, 3.63) is 64.7 Å². The molecule has 2 aromatic carbocycles. The number of benzene rings is 2. The highest BCUT2D eigenvalue weighted by Crippen LogP contribution is 2.18. The molecular formula is C16H11ClO3. The maximum atomic E-state index is 10.5. The van der Waals surface area contributed by atoms with Crippen molar-refractivity contribution >= 4 is 17.6 Å². The summed E-state index contributed by atoms with van der Waals surface area (Å²) in [7, 11) is 0. The van der Waals surface area contributed by atoms with Gasteiger partial charge in [-0.1, -0.05) is 47.7 Å². The maximum Gasteiger partial charge on any atom is 0.341 e. The highest BCUT2D eigenvalue weighted by Gasteiger charge is 2.03. The quantitative estimate of drug-likeness (QED) is 0.882. The van der Waals surface area contributed by atoms with Gasteiger partial charge in [-0.05, 0) is 24.3 Å². The van der Waals surface area contributed by atoms with Crippen molar-refractivity contribution < 1.29 is 14.6 Å². The number of hydrogen-bond donors (Lipinski definition) is 1. The molecule has 4 heteroatoms. The molecule has 0 aliphatic rings. The van der Waals surface area contributed by atoms with Crippen molar-refractivity contribution in [2.75, 3.05) is 6.61 Å². The van der Waals surface area contributed by atoms with Crippen LogP contribution in [-0.2, 0) is 4.79 Å². The van der Waals surface area contributed by atoms with Gasteiger partial charge in [0.1, 0.15) is 5.75 Å². The summed E-state index contributed by atoms with van der Waals surface area (Å²) < 4.78 is 5.18. The van der Waals surface area contributed by atoms with Gasteiger partial charge < -0.3 is 9.84 Å². The summed E-state index contributed by atoms with van der Waals surface area (Å²) in [5.74, 6) is 5.30. The molecule has 1 N–H and O–H groups in total. The first kappa shape index (κ1) is 14.0. The first-order chi connectivity index (χ1) is 9.66. The van der Waals surface area contributed by atoms with Crippen LogP contribution in [0.4, 0.5) is 0 Å². The Balaban J connectivity index is 2.26. The lowest BCUT2D eigenvalue weighted by molar-refractivity contribution is -0.139. The number of hydrogen-bond acceptors (Lipinski definition) is 2. The summed E-state index contributed by atoms with van der Waals surface area (Å²) in [5, 5.41) is 9.20. The van der Waals surface area contributed by atoms with Crippen LogP contribution in [0.1, 0.15) is 11.1 Å². The standard InChI is InChI=1S/C16H11ClO3/c17-14-7-3-1-5-12(14)9-10-13-6-2-4-8-15(13)20-11-16(18)19/h1-8H,11H2,(H,18,19). The Bertz CT molecular complexity index is 683. The zero-order chi connectivity index (χ0) is 14.4. The molecule has 20 heavy (non-hydrogen) atoms. The molecule has 0 fully saturated rings. The van der Waals surface area contributed by atoms with Gasteiger partial charge in [0.15, 0.2) is 6.61 Å². The number of carboxylic acids is 1. The van der Waals surface area contributed by atoms with Crippen LogP contribution >= 0.6 is 11.6 Å². The minimum absolute atomic E-state index is 0.398. The third-order valence-corrected chi connectivity index (χ3v) is 2.77. The highest BCUT2D eigenvalue weighted by molar-refractivity contribution is 6.31. The van der Waals surface area contributed by atoms with E-state index < -0.39 is 12.6 Å². The van der Waals surface area contributed by atoms with E-state index >= 15 is 0 Å². The molecular weight excluding hydrogens is 276 g/mol. The van der Waals surface area contributed by atoms with Crippen LogP contribution in [0, 0.1) is 11.8 Å². The zero-order valence-corrected chi connectivity index (χ0v) is 11.2. The predicted octanol–water partition coefficient (Wildman–Crippen LogP) is 3.20. The summed E-state index contributed by atoms with van der Waals surface area (Å²) in [6.45, 7) is -0.398. The van der Waals surface area contributed by atoms with Gasteiger partial charge in [-0.2, -0.15) is 0 Å². The first-order valence-corrected chi connectivity index (χ1v) is 6.25. The largest absolute Gasteiger partial charge is 0.481 e. The molecule has 100 valence electrons. The third-order valence-electron chi connectivity index (χ3n) is 2.44. The molecule has 0 spiro atoms. The van der Waals surface area contributed by atoms with E-state index in [0.29, 0.717) is 21.9 Å². The van der Waals surface area contributed by atoms with Crippen molar-refractivity contribution in [2.45, 2.75) is 0 Å². The fourth-order valence-corrected chi connectivity index (χ4v) is 1.72. The van der Waals surface area contributed by atoms with Gasteiger partial charge in [0.2, 0.25) is 0 Å². The van der Waals surface area contributed by atoms with E-state index in [4.69, 9.17) is 21.4 Å². The fourth-order valence-electron chi connectivity index (χ4n) is 1.53. The van der Waals surface area contributed by atoms with Crippen molar-refractivity contribution in [1.82, 2.24) is 0 Å². The monoisotopic (exact) mass is 286 g/mol. The predicted molar refractivity (Wildman–Crippen MR) is 77.0 cm³/mol. The van der Waals surface area contributed by atoms with E-state index in [1.54, 1.807) is 24.3 Å². The average molecular weight is 287 g/mol. The van der Waals surface area contributed by atoms with Gasteiger partial charge >= 0.3 is 5.97 Å². The SMILES string of the molecule is O=C(O)COc1ccccc1C#Cc1ccccc1Cl. The van der Waals surface area contributed by atoms with Crippen LogP contribution in [0.25, 0.3) is 0 Å². The molecule has 2 rings (SSSR count). The number of carbonyl (C=O) groups is 1. The minimum atomic E-state index is -1.03. The van der Waals surface area contributed by atoms with Gasteiger partial charge in [-0.25, -0.2) is 4.79 Å². The van der Waals surface area contributed by atoms with Gasteiger partial charge in [-0.3, -0.25) is 0 Å². The number of rotatable bonds is 3. The molecule has 0 saturated carbocycles. The smallest absolute Gasteiger partial charge is 0.341 e. The molecule has 0 aliphatic carbocycles. The molecule has 0 saturated heterocycles. The van der Waals surface area contributed by atoms with Crippen LogP contribution in [0.5, 0.6) is 5.75 Å². The molecule has 0 aromatic heterocycles. The normalized spacial score (nSPS) is 9.45. The Morgan fingerprint density at radius 3 is 2.35 bits per heavy atom. The van der Waals surface area contributed by atoms with Gasteiger partial charge in [0, 0.05) is 5.56 Å². The first-order valence-electron chi connectivity index (χ1n) is 5.87. The van der Waals surface area contributed by atoms with Gasteiger partial charge in [-0.15, -0.1) is 0 Å². The van der Waals surface area contributed by atoms with E-state index in [2.05, 4.69) is 11.8 Å². The van der Waals surface area contributed by atoms with Crippen molar-refractivity contribution in [3.8, 4) is 17.6 Å². The second-order valence-electron chi connectivity index (χ2n) is 3.91. The molecule has 0 atom stereocenters. The van der Waals surface area contributed by atoms with E-state index in [1.807, 2.05) is 24.3 Å². The molecule has 0 heterocycles. The molecule has 2 aromatic rings. The second kappa shape index (κ2) is 6.65. The Labute approximate surface area is 121 Å². The molecule has 0 bridgehead atoms. The van der Waals surface area contributed by atoms with Gasteiger partial charge in [0.25, 0.3) is 0 Å². The second-order valence-corrected chi connectivity index (χ2v) is 4.32. The number of para-hydroxylation sites is 1. The van der Waals surface area contributed by atoms with Crippen molar-refractivity contribution in [1.29, 1.82) is 0 Å². The topological polar surface area (TPSA) is 46.5 Å².